The van der Waals surface area contributed by atoms with E-state index in [2.05, 4.69) is 86.2 Å². The number of nitrogens with zero attached hydrogens (tertiary/aromatic N) is 5. The summed E-state index contributed by atoms with van der Waals surface area (Å²) < 4.78 is 83.0. The Morgan fingerprint density at radius 2 is 1.17 bits per heavy atom. The molecule has 0 radical (unpaired) electrons. The number of nitrogens with two attached hydrogens (primary N) is 2. The van der Waals surface area contributed by atoms with Crippen LogP contribution in [0.2, 0.25) is 0 Å². The van der Waals surface area contributed by atoms with Gasteiger partial charge in [0.15, 0.2) is 31.1 Å². The first-order valence-corrected chi connectivity index (χ1v) is 35.4. The van der Waals surface area contributed by atoms with Crippen LogP contribution >= 0.6 is 84.4 Å². The fourth-order valence-electron chi connectivity index (χ4n) is 7.40. The number of sulfonamides is 2. The first kappa shape index (κ1) is 69.0. The Morgan fingerprint density at radius 3 is 1.65 bits per heavy atom. The highest BCUT2D eigenvalue weighted by atomic mass is 79.9. The van der Waals surface area contributed by atoms with E-state index in [1.54, 1.807) is 36.4 Å². The Bertz CT molecular complexity index is 3710. The molecule has 0 bridgehead atoms. The lowest BCUT2D eigenvalue weighted by Gasteiger charge is -2.19. The summed E-state index contributed by atoms with van der Waals surface area (Å²) in [6.07, 6.45) is 5.72. The first-order chi connectivity index (χ1) is 38.7. The molecule has 1 saturated carbocycles. The van der Waals surface area contributed by atoms with E-state index in [9.17, 15) is 54.6 Å². The quantitative estimate of drug-likeness (QED) is 0.0377. The SMILES string of the molecule is CC(C)(O)c1csc(S(N)(=O)=O)n1.COC(=O)c1csc(Br)n1.COC(=O)c1csc(S(N)(=O)=O)n1.COC(=O)c1csc(SCc2ccccc2)n1.C[C@@H](c1ccc2c(c1CC(=O)CS(=O)(=O)c1nc(C(C)(C)O)cs1)CCC2)C1CC1. The van der Waals surface area contributed by atoms with Gasteiger partial charge in [-0.2, -0.15) is 0 Å². The number of rotatable bonds is 17. The fourth-order valence-corrected chi connectivity index (χ4v) is 15.7. The highest BCUT2D eigenvalue weighted by molar-refractivity contribution is 9.11. The second-order valence-corrected chi connectivity index (χ2v) is 31.6. The minimum atomic E-state index is -3.82. The van der Waals surface area contributed by atoms with Crippen molar-refractivity contribution in [1.82, 2.24) is 24.9 Å². The number of ether oxygens (including phenoxy) is 3. The predicted octanol–water partition coefficient (Wildman–Crippen LogP) is 8.47. The first-order valence-electron chi connectivity index (χ1n) is 24.5. The summed E-state index contributed by atoms with van der Waals surface area (Å²) in [5.41, 5.74) is 5.04. The van der Waals surface area contributed by atoms with E-state index in [1.807, 2.05) is 18.2 Å². The van der Waals surface area contributed by atoms with E-state index in [4.69, 9.17) is 10.3 Å². The number of carbonyl (C=O) groups excluding carboxylic acids is 4. The van der Waals surface area contributed by atoms with Crippen molar-refractivity contribution < 1.29 is 68.9 Å². The number of hydrogen-bond acceptors (Lipinski definition) is 26. The van der Waals surface area contributed by atoms with Gasteiger partial charge in [-0.3, -0.25) is 4.79 Å². The van der Waals surface area contributed by atoms with Crippen molar-refractivity contribution in [2.75, 3.05) is 27.1 Å². The van der Waals surface area contributed by atoms with Gasteiger partial charge in [0.25, 0.3) is 20.0 Å². The molecule has 450 valence electrons. The summed E-state index contributed by atoms with van der Waals surface area (Å²) in [7, 11) is -7.53. The molecule has 1 atom stereocenters. The molecule has 22 nitrogen and oxygen atoms in total. The Morgan fingerprint density at radius 1 is 0.675 bits per heavy atom. The normalized spacial score (nSPS) is 13.5. The number of benzene rings is 2. The van der Waals surface area contributed by atoms with Crippen LogP contribution in [0.15, 0.2) is 90.6 Å². The van der Waals surface area contributed by atoms with E-state index in [1.165, 1.54) is 109 Å². The van der Waals surface area contributed by atoms with Gasteiger partial charge in [-0.1, -0.05) is 61.2 Å². The third-order valence-electron chi connectivity index (χ3n) is 11.8. The second-order valence-electron chi connectivity index (χ2n) is 19.2. The number of methoxy groups -OCH3 is 3. The third-order valence-corrected chi connectivity index (χ3v) is 22.6. The average Bonchev–Trinajstić information content (AvgIpc) is 3.40. The minimum absolute atomic E-state index is 0.0588. The van der Waals surface area contributed by atoms with Crippen LogP contribution in [0.5, 0.6) is 0 Å². The maximum atomic E-state index is 12.9. The number of primary sulfonamides is 2. The van der Waals surface area contributed by atoms with Crippen LogP contribution in [-0.2, 0) is 85.1 Å². The van der Waals surface area contributed by atoms with E-state index in [0.717, 1.165) is 68.9 Å². The smallest absolute Gasteiger partial charge is 0.357 e. The largest absolute Gasteiger partial charge is 0.464 e. The molecule has 0 saturated heterocycles. The van der Waals surface area contributed by atoms with Gasteiger partial charge in [0.2, 0.25) is 22.9 Å². The average molecular weight is 1380 g/mol. The molecule has 2 aromatic carbocycles. The zero-order valence-electron chi connectivity index (χ0n) is 45.9. The number of carbonyl (C=O) groups is 4. The molecule has 2 aliphatic carbocycles. The lowest BCUT2D eigenvalue weighted by atomic mass is 9.86. The lowest BCUT2D eigenvalue weighted by Crippen LogP contribution is -2.21. The fraction of sp³-hybridized carbons (Fsp3) is 0.392. The van der Waals surface area contributed by atoms with E-state index >= 15 is 0 Å². The summed E-state index contributed by atoms with van der Waals surface area (Å²) in [6, 6.07) is 14.5. The van der Waals surface area contributed by atoms with Crippen LogP contribution in [-0.4, -0.2) is 111 Å². The Kier molecular flexibility index (Phi) is 24.9. The summed E-state index contributed by atoms with van der Waals surface area (Å²) in [5, 5.41) is 36.8. The number of thioether (sulfide) groups is 1. The Balaban J connectivity index is 0.000000204. The number of thiazole rings is 5. The molecule has 0 unspecified atom stereocenters. The molecule has 5 aromatic heterocycles. The van der Waals surface area contributed by atoms with Gasteiger partial charge in [0.1, 0.15) is 17.0 Å². The minimum Gasteiger partial charge on any atom is -0.464 e. The molecular formula is C51H60BrN7O15S9. The van der Waals surface area contributed by atoms with Gasteiger partial charge >= 0.3 is 17.9 Å². The molecule has 83 heavy (non-hydrogen) atoms. The number of aliphatic hydroxyl groups is 2. The molecule has 9 rings (SSSR count). The van der Waals surface area contributed by atoms with Crippen molar-refractivity contribution in [1.29, 1.82) is 0 Å². The standard InChI is InChI=1S/C23H29NO4S2.C12H11NO2S2.C6H10N2O3S2.C5H4BrNO2S.C5H6N2O4S2/c1-14(15-7-8-15)18-10-9-16-5-4-6-19(16)20(18)11-17(25)13-30(27,28)22-24-21(12-29-22)23(2,3)26;1-15-11(14)10-8-17-12(13-10)16-7-9-5-3-2-4-6-9;1-6(2,9)4-3-12-5(8-4)13(7,10)11;1-9-4(8)3-2-10-5(6)7-3;1-11-4(8)3-2-12-5(7-3)13(6,9)10/h9-10,12,14-15,26H,4-8,11,13H2,1-3H3;2-6,8H,7H2,1H3;3,9H,1-2H3,(H2,7,10,11);2H,1H3;2H,1H3,(H2,6,9,10)/t14-;;;;/m1..../s1. The number of hydrogen-bond donors (Lipinski definition) is 4. The van der Waals surface area contributed by atoms with Gasteiger partial charge in [-0.15, -0.1) is 56.7 Å². The van der Waals surface area contributed by atoms with Crippen LogP contribution < -0.4 is 10.3 Å². The van der Waals surface area contributed by atoms with Crippen molar-refractivity contribution in [3.63, 3.8) is 0 Å². The number of fused-ring (bicyclic) bond motifs is 1. The molecule has 32 heteroatoms. The molecular weight excluding hydrogens is 1320 g/mol. The molecule has 6 N–H and O–H groups in total. The van der Waals surface area contributed by atoms with Crippen molar-refractivity contribution in [3.05, 3.63) is 130 Å². The summed E-state index contributed by atoms with van der Waals surface area (Å²) >= 11 is 10.2. The lowest BCUT2D eigenvalue weighted by molar-refractivity contribution is -0.116. The maximum absolute atomic E-state index is 12.9. The van der Waals surface area contributed by atoms with Gasteiger partial charge in [-0.25, -0.2) is 74.8 Å². The monoisotopic (exact) mass is 1380 g/mol. The molecule has 7 aromatic rings. The summed E-state index contributed by atoms with van der Waals surface area (Å²) in [5.74, 6) is -0.372. The molecule has 2 aliphatic rings. The molecule has 0 amide bonds. The van der Waals surface area contributed by atoms with E-state index < -0.39 is 58.8 Å². The van der Waals surface area contributed by atoms with Crippen LogP contribution in [0.1, 0.15) is 130 Å². The van der Waals surface area contributed by atoms with Crippen molar-refractivity contribution in [2.45, 2.75) is 113 Å². The van der Waals surface area contributed by atoms with E-state index in [0.29, 0.717) is 38.5 Å². The summed E-state index contributed by atoms with van der Waals surface area (Å²) in [4.78, 5) is 65.0. The number of ketones is 1. The molecule has 0 spiro atoms. The van der Waals surface area contributed by atoms with Gasteiger partial charge < -0.3 is 24.4 Å². The van der Waals surface area contributed by atoms with Crippen molar-refractivity contribution >= 4 is 138 Å². The Labute approximate surface area is 513 Å². The van der Waals surface area contributed by atoms with Crippen LogP contribution in [0, 0.1) is 5.92 Å². The van der Waals surface area contributed by atoms with Gasteiger partial charge in [-0.05, 0) is 115 Å². The number of esters is 3. The molecule has 5 heterocycles. The van der Waals surface area contributed by atoms with Crippen LogP contribution in [0.4, 0.5) is 0 Å². The zero-order valence-corrected chi connectivity index (χ0v) is 54.8. The maximum Gasteiger partial charge on any atom is 0.357 e. The number of halogens is 1. The number of Topliss-reactive ketones (excluding diaryl/α,β-unsaturated/α-hetero) is 1. The van der Waals surface area contributed by atoms with Crippen LogP contribution in [0.3, 0.4) is 0 Å². The summed E-state index contributed by atoms with van der Waals surface area (Å²) in [6.45, 7) is 8.39. The third kappa shape index (κ3) is 21.0. The topological polar surface area (TPSA) is 355 Å². The second kappa shape index (κ2) is 30.0. The van der Waals surface area contributed by atoms with Gasteiger partial charge in [0.05, 0.1) is 32.7 Å². The number of sulfone groups is 1. The number of aryl methyl sites for hydroxylation is 1. The van der Waals surface area contributed by atoms with E-state index in [-0.39, 0.29) is 36.9 Å². The molecule has 0 aliphatic heterocycles. The van der Waals surface area contributed by atoms with Gasteiger partial charge in [0, 0.05) is 39.1 Å². The van der Waals surface area contributed by atoms with Crippen LogP contribution in [0.25, 0.3) is 0 Å². The highest BCUT2D eigenvalue weighted by Crippen LogP contribution is 2.45. The molecule has 1 fully saturated rings. The predicted molar refractivity (Wildman–Crippen MR) is 322 cm³/mol. The van der Waals surface area contributed by atoms with Crippen molar-refractivity contribution in [3.8, 4) is 0 Å². The van der Waals surface area contributed by atoms with Crippen molar-refractivity contribution in [2.24, 2.45) is 16.2 Å². The zero-order chi connectivity index (χ0) is 61.7. The number of aromatic nitrogens is 5. The Hall–Kier alpha value is -4.81. The highest BCUT2D eigenvalue weighted by Gasteiger charge is 2.33.